The van der Waals surface area contributed by atoms with Gasteiger partial charge < -0.3 is 10.2 Å². The van der Waals surface area contributed by atoms with Crippen molar-refractivity contribution in [2.45, 2.75) is 12.2 Å². The van der Waals surface area contributed by atoms with Crippen LogP contribution in [0.1, 0.15) is 23.3 Å². The molecule has 0 unspecified atom stereocenters. The summed E-state index contributed by atoms with van der Waals surface area (Å²) in [5.41, 5.74) is 1.27. The highest BCUT2D eigenvalue weighted by Gasteiger charge is 2.21. The van der Waals surface area contributed by atoms with E-state index < -0.39 is 12.2 Å². The van der Waals surface area contributed by atoms with E-state index in [1.807, 2.05) is 12.1 Å². The van der Waals surface area contributed by atoms with Gasteiger partial charge in [-0.1, -0.05) is 63.7 Å². The van der Waals surface area contributed by atoms with E-state index in [-0.39, 0.29) is 0 Å². The van der Waals surface area contributed by atoms with E-state index in [1.54, 1.807) is 24.3 Å². The Hall–Kier alpha value is 0.280. The molecule has 106 valence electrons. The van der Waals surface area contributed by atoms with Crippen LogP contribution in [-0.4, -0.2) is 10.2 Å². The lowest BCUT2D eigenvalue weighted by atomic mass is 9.98. The second-order valence-electron chi connectivity index (χ2n) is 4.30. The number of hydrogen-bond donors (Lipinski definition) is 2. The fourth-order valence-electron chi connectivity index (χ4n) is 1.86. The third-order valence-electron chi connectivity index (χ3n) is 2.75. The van der Waals surface area contributed by atoms with E-state index in [1.165, 1.54) is 0 Å². The van der Waals surface area contributed by atoms with Crippen molar-refractivity contribution in [1.82, 2.24) is 0 Å². The molecule has 0 aliphatic rings. The molecule has 2 rings (SSSR count). The fourth-order valence-corrected chi connectivity index (χ4v) is 4.51. The molecule has 0 bridgehead atoms. The summed E-state index contributed by atoms with van der Waals surface area (Å²) in [5, 5.41) is 20.7. The fraction of sp³-hybridized carbons (Fsp3) is 0.143. The molecule has 0 radical (unpaired) electrons. The number of benzene rings is 2. The first-order valence-corrected chi connectivity index (χ1v) is 8.82. The number of aliphatic hydroxyl groups excluding tert-OH is 2. The molecule has 2 aromatic carbocycles. The van der Waals surface area contributed by atoms with Gasteiger partial charge in [-0.25, -0.2) is 0 Å². The van der Waals surface area contributed by atoms with Gasteiger partial charge in [-0.2, -0.15) is 0 Å². The smallest absolute Gasteiger partial charge is 0.109 e. The highest BCUT2D eigenvalue weighted by molar-refractivity contribution is 9.11. The molecule has 0 aromatic heterocycles. The van der Waals surface area contributed by atoms with Crippen LogP contribution in [0.25, 0.3) is 0 Å². The molecule has 2 nitrogen and oxygen atoms in total. The Bertz CT molecular complexity index is 535. The largest absolute Gasteiger partial charge is 0.385 e. The summed E-state index contributed by atoms with van der Waals surface area (Å²) in [6.45, 7) is 0. The molecule has 0 spiro atoms. The predicted molar refractivity (Wildman–Crippen MR) is 93.6 cm³/mol. The topological polar surface area (TPSA) is 40.5 Å². The molecular formula is C14H10Br4O2. The van der Waals surface area contributed by atoms with Crippen molar-refractivity contribution >= 4 is 63.7 Å². The molecule has 0 saturated carbocycles. The van der Waals surface area contributed by atoms with Gasteiger partial charge >= 0.3 is 0 Å². The lowest BCUT2D eigenvalue weighted by Crippen LogP contribution is -2.10. The Morgan fingerprint density at radius 3 is 1.05 bits per heavy atom. The van der Waals surface area contributed by atoms with Gasteiger partial charge in [-0.15, -0.1) is 0 Å². The maximum absolute atomic E-state index is 10.4. The van der Waals surface area contributed by atoms with Gasteiger partial charge in [0.2, 0.25) is 0 Å². The summed E-state index contributed by atoms with van der Waals surface area (Å²) in [7, 11) is 0. The van der Waals surface area contributed by atoms with Crippen LogP contribution in [0.5, 0.6) is 0 Å². The molecule has 2 N–H and O–H groups in total. The second-order valence-corrected chi connectivity index (χ2v) is 7.96. The first kappa shape index (κ1) is 16.6. The Morgan fingerprint density at radius 1 is 0.550 bits per heavy atom. The summed E-state index contributed by atoms with van der Waals surface area (Å²) in [6, 6.07) is 10.9. The first-order chi connectivity index (χ1) is 9.36. The SMILES string of the molecule is O[C@H](c1cc(Br)cc(Br)c1)[C@H](O)c1cc(Br)cc(Br)c1. The van der Waals surface area contributed by atoms with Crippen LogP contribution in [0.15, 0.2) is 54.3 Å². The molecule has 0 amide bonds. The van der Waals surface area contributed by atoms with Crippen LogP contribution in [-0.2, 0) is 0 Å². The third-order valence-corrected chi connectivity index (χ3v) is 4.58. The highest BCUT2D eigenvalue weighted by atomic mass is 79.9. The minimum absolute atomic E-state index is 0.634. The zero-order valence-corrected chi connectivity index (χ0v) is 16.4. The van der Waals surface area contributed by atoms with Crippen LogP contribution in [0.3, 0.4) is 0 Å². The molecule has 20 heavy (non-hydrogen) atoms. The van der Waals surface area contributed by atoms with Crippen LogP contribution < -0.4 is 0 Å². The standard InChI is InChI=1S/C14H10Br4O2/c15-9-1-7(2-10(16)5-9)13(19)14(20)8-3-11(17)6-12(18)4-8/h1-6,13-14,19-20H/t13-,14-/m1/s1. The Kier molecular flexibility index (Phi) is 5.85. The number of hydrogen-bond acceptors (Lipinski definition) is 2. The lowest BCUT2D eigenvalue weighted by molar-refractivity contribution is 0.0171. The van der Waals surface area contributed by atoms with Crippen molar-refractivity contribution in [3.63, 3.8) is 0 Å². The molecule has 0 aliphatic carbocycles. The zero-order chi connectivity index (χ0) is 14.9. The van der Waals surface area contributed by atoms with Gasteiger partial charge in [0.25, 0.3) is 0 Å². The van der Waals surface area contributed by atoms with Crippen molar-refractivity contribution in [3.05, 3.63) is 65.4 Å². The van der Waals surface area contributed by atoms with Crippen molar-refractivity contribution in [2.24, 2.45) is 0 Å². The van der Waals surface area contributed by atoms with Gasteiger partial charge in [-0.3, -0.25) is 0 Å². The van der Waals surface area contributed by atoms with Gasteiger partial charge in [-0.05, 0) is 47.5 Å². The van der Waals surface area contributed by atoms with Crippen LogP contribution >= 0.6 is 63.7 Å². The highest BCUT2D eigenvalue weighted by Crippen LogP contribution is 2.34. The number of halogens is 4. The lowest BCUT2D eigenvalue weighted by Gasteiger charge is -2.19. The number of rotatable bonds is 3. The van der Waals surface area contributed by atoms with Crippen LogP contribution in [0, 0.1) is 0 Å². The first-order valence-electron chi connectivity index (χ1n) is 5.65. The normalized spacial score (nSPS) is 14.1. The van der Waals surface area contributed by atoms with Crippen LogP contribution in [0.2, 0.25) is 0 Å². The Balaban J connectivity index is 2.34. The minimum atomic E-state index is -1.01. The molecule has 2 aromatic rings. The van der Waals surface area contributed by atoms with Crippen molar-refractivity contribution < 1.29 is 10.2 Å². The van der Waals surface area contributed by atoms with E-state index in [0.29, 0.717) is 11.1 Å². The quantitative estimate of drug-likeness (QED) is 0.551. The summed E-state index contributed by atoms with van der Waals surface area (Å²) in [5.74, 6) is 0. The monoisotopic (exact) mass is 526 g/mol. The van der Waals surface area contributed by atoms with E-state index in [9.17, 15) is 10.2 Å². The summed E-state index contributed by atoms with van der Waals surface area (Å²) >= 11 is 13.5. The molecular weight excluding hydrogens is 520 g/mol. The molecule has 0 heterocycles. The molecule has 0 aliphatic heterocycles. The van der Waals surface area contributed by atoms with E-state index in [2.05, 4.69) is 63.7 Å². The predicted octanol–water partition coefficient (Wildman–Crippen LogP) is 5.50. The average molecular weight is 530 g/mol. The summed E-state index contributed by atoms with van der Waals surface area (Å²) in [6.07, 6.45) is -2.02. The van der Waals surface area contributed by atoms with Gasteiger partial charge in [0, 0.05) is 17.9 Å². The molecule has 0 saturated heterocycles. The van der Waals surface area contributed by atoms with Crippen molar-refractivity contribution in [2.75, 3.05) is 0 Å². The Labute approximate surface area is 150 Å². The van der Waals surface area contributed by atoms with Gasteiger partial charge in [0.05, 0.1) is 0 Å². The summed E-state index contributed by atoms with van der Waals surface area (Å²) < 4.78 is 3.35. The minimum Gasteiger partial charge on any atom is -0.385 e. The van der Waals surface area contributed by atoms with E-state index in [4.69, 9.17) is 0 Å². The second kappa shape index (κ2) is 7.03. The van der Waals surface area contributed by atoms with E-state index in [0.717, 1.165) is 17.9 Å². The molecule has 2 atom stereocenters. The zero-order valence-electron chi connectivity index (χ0n) is 10.0. The van der Waals surface area contributed by atoms with E-state index >= 15 is 0 Å². The Morgan fingerprint density at radius 2 is 0.800 bits per heavy atom. The van der Waals surface area contributed by atoms with Gasteiger partial charge in [0.1, 0.15) is 12.2 Å². The summed E-state index contributed by atoms with van der Waals surface area (Å²) in [4.78, 5) is 0. The average Bonchev–Trinajstić information content (AvgIpc) is 2.34. The maximum Gasteiger partial charge on any atom is 0.109 e. The third kappa shape index (κ3) is 4.15. The molecule has 0 fully saturated rings. The van der Waals surface area contributed by atoms with Gasteiger partial charge in [0.15, 0.2) is 0 Å². The van der Waals surface area contributed by atoms with Crippen LogP contribution in [0.4, 0.5) is 0 Å². The molecule has 6 heteroatoms. The number of aliphatic hydroxyl groups is 2. The maximum atomic E-state index is 10.4. The van der Waals surface area contributed by atoms with Crippen molar-refractivity contribution in [1.29, 1.82) is 0 Å². The van der Waals surface area contributed by atoms with Crippen molar-refractivity contribution in [3.8, 4) is 0 Å².